The SMILES string of the molecule is CCN1CCN(c2c(CN(CCOC)C(=O)Cc3cccs3)c(C)nn2-c2cccc(F)c2)CC1. The lowest BCUT2D eigenvalue weighted by atomic mass is 10.1. The highest BCUT2D eigenvalue weighted by Crippen LogP contribution is 2.30. The second-order valence-corrected chi connectivity index (χ2v) is 9.80. The number of methoxy groups -OCH3 is 1. The van der Waals surface area contributed by atoms with Gasteiger partial charge in [0.25, 0.3) is 0 Å². The lowest BCUT2D eigenvalue weighted by Crippen LogP contribution is -2.47. The Morgan fingerprint density at radius 3 is 2.66 bits per heavy atom. The van der Waals surface area contributed by atoms with Gasteiger partial charge in [-0.15, -0.1) is 11.3 Å². The van der Waals surface area contributed by atoms with Crippen LogP contribution in [-0.2, 0) is 22.5 Å². The highest BCUT2D eigenvalue weighted by molar-refractivity contribution is 7.10. The van der Waals surface area contributed by atoms with E-state index in [1.807, 2.05) is 40.1 Å². The Morgan fingerprint density at radius 2 is 2.00 bits per heavy atom. The summed E-state index contributed by atoms with van der Waals surface area (Å²) in [4.78, 5) is 20.9. The lowest BCUT2D eigenvalue weighted by Gasteiger charge is -2.36. The smallest absolute Gasteiger partial charge is 0.228 e. The molecule has 2 aromatic heterocycles. The quantitative estimate of drug-likeness (QED) is 0.425. The van der Waals surface area contributed by atoms with Crippen molar-refractivity contribution >= 4 is 23.1 Å². The molecular weight excluding hydrogens is 465 g/mol. The zero-order valence-electron chi connectivity index (χ0n) is 20.7. The number of thiophene rings is 1. The molecule has 1 saturated heterocycles. The van der Waals surface area contributed by atoms with Gasteiger partial charge < -0.3 is 19.4 Å². The van der Waals surface area contributed by atoms with Gasteiger partial charge in [-0.2, -0.15) is 5.10 Å². The van der Waals surface area contributed by atoms with Gasteiger partial charge in [-0.05, 0) is 43.1 Å². The van der Waals surface area contributed by atoms with E-state index in [2.05, 4.69) is 16.7 Å². The van der Waals surface area contributed by atoms with Crippen molar-refractivity contribution in [1.29, 1.82) is 0 Å². The molecule has 0 saturated carbocycles. The van der Waals surface area contributed by atoms with E-state index < -0.39 is 0 Å². The zero-order chi connectivity index (χ0) is 24.8. The average Bonchev–Trinajstić information content (AvgIpc) is 3.49. The van der Waals surface area contributed by atoms with Gasteiger partial charge in [0.2, 0.25) is 5.91 Å². The van der Waals surface area contributed by atoms with Crippen molar-refractivity contribution < 1.29 is 13.9 Å². The molecule has 3 heterocycles. The number of hydrogen-bond acceptors (Lipinski definition) is 6. The highest BCUT2D eigenvalue weighted by Gasteiger charge is 2.27. The first kappa shape index (κ1) is 25.3. The van der Waals surface area contributed by atoms with Crippen LogP contribution in [0.15, 0.2) is 41.8 Å². The van der Waals surface area contributed by atoms with Crippen LogP contribution in [0.3, 0.4) is 0 Å². The summed E-state index contributed by atoms with van der Waals surface area (Å²) in [6.45, 7) is 10.1. The fraction of sp³-hybridized carbons (Fsp3) is 0.462. The maximum atomic E-state index is 14.1. The molecule has 0 unspecified atom stereocenters. The van der Waals surface area contributed by atoms with Crippen molar-refractivity contribution in [1.82, 2.24) is 19.6 Å². The largest absolute Gasteiger partial charge is 0.383 e. The predicted octanol–water partition coefficient (Wildman–Crippen LogP) is 3.74. The van der Waals surface area contributed by atoms with Crippen LogP contribution in [0.1, 0.15) is 23.1 Å². The van der Waals surface area contributed by atoms with E-state index in [4.69, 9.17) is 9.84 Å². The minimum Gasteiger partial charge on any atom is -0.383 e. The van der Waals surface area contributed by atoms with E-state index in [-0.39, 0.29) is 11.7 Å². The summed E-state index contributed by atoms with van der Waals surface area (Å²) in [5.41, 5.74) is 2.52. The number of likely N-dealkylation sites (N-methyl/N-ethyl adjacent to an activating group) is 1. The van der Waals surface area contributed by atoms with Crippen LogP contribution in [0.5, 0.6) is 0 Å². The number of amides is 1. The molecule has 35 heavy (non-hydrogen) atoms. The Bertz CT molecular complexity index is 1110. The molecule has 4 rings (SSSR count). The van der Waals surface area contributed by atoms with Crippen LogP contribution >= 0.6 is 11.3 Å². The molecule has 1 aliphatic heterocycles. The van der Waals surface area contributed by atoms with Crippen LogP contribution in [0.25, 0.3) is 5.69 Å². The monoisotopic (exact) mass is 499 g/mol. The Kier molecular flexibility index (Phi) is 8.54. The standard InChI is InChI=1S/C26H34FN5O2S/c1-4-29-10-12-30(13-11-29)26-24(20(2)28-32(26)22-8-5-7-21(27)17-22)19-31(14-15-34-3)25(33)18-23-9-6-16-35-23/h5-9,16-17H,4,10-15,18-19H2,1-3H3. The Hall–Kier alpha value is -2.75. The Morgan fingerprint density at radius 1 is 1.20 bits per heavy atom. The number of carbonyl (C=O) groups is 1. The van der Waals surface area contributed by atoms with Gasteiger partial charge >= 0.3 is 0 Å². The maximum absolute atomic E-state index is 14.1. The van der Waals surface area contributed by atoms with E-state index in [0.717, 1.165) is 54.7 Å². The number of ether oxygens (including phenoxy) is 1. The maximum Gasteiger partial charge on any atom is 0.228 e. The van der Waals surface area contributed by atoms with Crippen LogP contribution in [-0.4, -0.2) is 78.5 Å². The molecule has 0 spiro atoms. The Labute approximate surface area is 210 Å². The number of hydrogen-bond donors (Lipinski definition) is 0. The molecule has 1 amide bonds. The lowest BCUT2D eigenvalue weighted by molar-refractivity contribution is -0.131. The number of carbonyl (C=O) groups excluding carboxylic acids is 1. The van der Waals surface area contributed by atoms with Gasteiger partial charge in [0.1, 0.15) is 11.6 Å². The molecule has 0 bridgehead atoms. The minimum absolute atomic E-state index is 0.0594. The number of halogens is 1. The van der Waals surface area contributed by atoms with Crippen LogP contribution in [0.4, 0.5) is 10.2 Å². The first-order valence-electron chi connectivity index (χ1n) is 12.1. The first-order valence-corrected chi connectivity index (χ1v) is 13.0. The van der Waals surface area contributed by atoms with Crippen LogP contribution in [0, 0.1) is 12.7 Å². The van der Waals surface area contributed by atoms with Crippen LogP contribution < -0.4 is 4.90 Å². The van der Waals surface area contributed by atoms with E-state index in [1.165, 1.54) is 12.1 Å². The highest BCUT2D eigenvalue weighted by atomic mass is 32.1. The van der Waals surface area contributed by atoms with Crippen molar-refractivity contribution in [3.05, 3.63) is 63.7 Å². The fourth-order valence-electron chi connectivity index (χ4n) is 4.48. The molecule has 1 fully saturated rings. The minimum atomic E-state index is -0.299. The molecule has 7 nitrogen and oxygen atoms in total. The van der Waals surface area contributed by atoms with Crippen molar-refractivity contribution in [3.63, 3.8) is 0 Å². The molecule has 1 aromatic carbocycles. The third-order valence-corrected chi connectivity index (χ3v) is 7.38. The van der Waals surface area contributed by atoms with Gasteiger partial charge in [-0.3, -0.25) is 4.79 Å². The van der Waals surface area contributed by atoms with Gasteiger partial charge in [-0.25, -0.2) is 9.07 Å². The number of aromatic nitrogens is 2. The third kappa shape index (κ3) is 6.09. The number of rotatable bonds is 10. The van der Waals surface area contributed by atoms with Crippen molar-refractivity contribution in [2.45, 2.75) is 26.8 Å². The normalized spacial score (nSPS) is 14.5. The van der Waals surface area contributed by atoms with Crippen LogP contribution in [0.2, 0.25) is 0 Å². The molecule has 0 aliphatic carbocycles. The third-order valence-electron chi connectivity index (χ3n) is 6.50. The summed E-state index contributed by atoms with van der Waals surface area (Å²) in [6.07, 6.45) is 0.364. The second kappa shape index (κ2) is 11.8. The molecule has 0 radical (unpaired) electrons. The van der Waals surface area contributed by atoms with E-state index in [0.29, 0.717) is 31.8 Å². The number of anilines is 1. The second-order valence-electron chi connectivity index (χ2n) is 8.76. The molecule has 1 aliphatic rings. The van der Waals surface area contributed by atoms with E-state index in [1.54, 1.807) is 24.5 Å². The number of nitrogens with zero attached hydrogens (tertiary/aromatic N) is 5. The van der Waals surface area contributed by atoms with Gasteiger partial charge in [0.15, 0.2) is 0 Å². The topological polar surface area (TPSA) is 53.8 Å². The molecule has 0 N–H and O–H groups in total. The molecule has 0 atom stereocenters. The van der Waals surface area contributed by atoms with Crippen molar-refractivity contribution in [2.24, 2.45) is 0 Å². The van der Waals surface area contributed by atoms with Crippen molar-refractivity contribution in [2.75, 3.05) is 57.9 Å². The summed E-state index contributed by atoms with van der Waals surface area (Å²) in [6, 6.07) is 10.5. The predicted molar refractivity (Wildman–Crippen MR) is 138 cm³/mol. The summed E-state index contributed by atoms with van der Waals surface area (Å²) in [5, 5.41) is 6.82. The van der Waals surface area contributed by atoms with Crippen molar-refractivity contribution in [3.8, 4) is 5.69 Å². The average molecular weight is 500 g/mol. The number of benzene rings is 1. The fourth-order valence-corrected chi connectivity index (χ4v) is 5.18. The summed E-state index contributed by atoms with van der Waals surface area (Å²) in [7, 11) is 1.65. The summed E-state index contributed by atoms with van der Waals surface area (Å²) < 4.78 is 21.3. The van der Waals surface area contributed by atoms with Gasteiger partial charge in [-0.1, -0.05) is 19.1 Å². The first-order chi connectivity index (χ1) is 17.0. The summed E-state index contributed by atoms with van der Waals surface area (Å²) in [5.74, 6) is 0.700. The summed E-state index contributed by atoms with van der Waals surface area (Å²) >= 11 is 1.59. The van der Waals surface area contributed by atoms with Gasteiger partial charge in [0.05, 0.1) is 31.0 Å². The molecular formula is C26H34FN5O2S. The zero-order valence-corrected chi connectivity index (χ0v) is 21.6. The molecule has 9 heteroatoms. The van der Waals surface area contributed by atoms with E-state index >= 15 is 0 Å². The molecule has 188 valence electrons. The number of piperazine rings is 1. The molecule has 3 aromatic rings. The Balaban J connectivity index is 1.69. The number of aryl methyl sites for hydroxylation is 1. The van der Waals surface area contributed by atoms with E-state index in [9.17, 15) is 9.18 Å². The van der Waals surface area contributed by atoms with Gasteiger partial charge in [0, 0.05) is 50.3 Å².